The zero-order valence-electron chi connectivity index (χ0n) is 14.9. The van der Waals surface area contributed by atoms with Crippen molar-refractivity contribution in [3.05, 3.63) is 34.9 Å². The number of halogens is 1. The molecular weight excluding hydrogens is 308 g/mol. The van der Waals surface area contributed by atoms with Crippen LogP contribution in [0.4, 0.5) is 0 Å². The summed E-state index contributed by atoms with van der Waals surface area (Å²) in [5.74, 6) is 0.0836. The van der Waals surface area contributed by atoms with Gasteiger partial charge in [0.1, 0.15) is 0 Å². The van der Waals surface area contributed by atoms with Crippen molar-refractivity contribution < 1.29 is 4.79 Å². The van der Waals surface area contributed by atoms with E-state index in [0.717, 1.165) is 31.5 Å². The van der Waals surface area contributed by atoms with Crippen LogP contribution < -0.4 is 5.32 Å². The van der Waals surface area contributed by atoms with Crippen LogP contribution in [-0.4, -0.2) is 35.5 Å². The number of rotatable bonds is 4. The lowest BCUT2D eigenvalue weighted by atomic mass is 9.81. The van der Waals surface area contributed by atoms with Crippen molar-refractivity contribution in [3.63, 3.8) is 0 Å². The van der Waals surface area contributed by atoms with Crippen LogP contribution in [0.15, 0.2) is 24.3 Å². The number of nitrogens with zero attached hydrogens (tertiary/aromatic N) is 1. The van der Waals surface area contributed by atoms with E-state index in [-0.39, 0.29) is 11.4 Å². The second-order valence-electron chi connectivity index (χ2n) is 7.78. The molecule has 1 N–H and O–H groups in total. The molecular formula is C19H29ClN2O. The summed E-state index contributed by atoms with van der Waals surface area (Å²) in [7, 11) is 0. The molecule has 0 saturated carbocycles. The maximum atomic E-state index is 12.9. The van der Waals surface area contributed by atoms with Crippen molar-refractivity contribution in [2.24, 2.45) is 0 Å². The molecule has 1 fully saturated rings. The number of hydrogen-bond acceptors (Lipinski definition) is 2. The molecule has 0 bridgehead atoms. The Hall–Kier alpha value is -1.06. The van der Waals surface area contributed by atoms with Crippen molar-refractivity contribution in [1.29, 1.82) is 0 Å². The van der Waals surface area contributed by atoms with E-state index >= 15 is 0 Å². The smallest absolute Gasteiger partial charge is 0.230 e. The lowest BCUT2D eigenvalue weighted by Gasteiger charge is -2.43. The van der Waals surface area contributed by atoms with Crippen LogP contribution in [0.1, 0.15) is 53.0 Å². The normalized spacial score (nSPS) is 18.9. The van der Waals surface area contributed by atoms with Crippen LogP contribution in [-0.2, 0) is 10.2 Å². The van der Waals surface area contributed by atoms with Crippen LogP contribution in [0.3, 0.4) is 0 Å². The quantitative estimate of drug-likeness (QED) is 0.901. The second-order valence-corrected chi connectivity index (χ2v) is 8.21. The first kappa shape index (κ1) is 18.3. The molecule has 2 rings (SSSR count). The van der Waals surface area contributed by atoms with Gasteiger partial charge in [0.2, 0.25) is 5.91 Å². The lowest BCUT2D eigenvalue weighted by molar-refractivity contribution is -0.128. The fourth-order valence-corrected chi connectivity index (χ4v) is 3.21. The van der Waals surface area contributed by atoms with E-state index in [0.29, 0.717) is 11.1 Å². The molecule has 1 aromatic rings. The van der Waals surface area contributed by atoms with Gasteiger partial charge in [-0.1, -0.05) is 23.7 Å². The highest BCUT2D eigenvalue weighted by Crippen LogP contribution is 2.28. The van der Waals surface area contributed by atoms with Gasteiger partial charge < -0.3 is 10.2 Å². The van der Waals surface area contributed by atoms with E-state index in [4.69, 9.17) is 11.6 Å². The Morgan fingerprint density at radius 3 is 2.22 bits per heavy atom. The number of amides is 1. The fourth-order valence-electron chi connectivity index (χ4n) is 3.09. The van der Waals surface area contributed by atoms with Gasteiger partial charge in [-0.05, 0) is 65.2 Å². The maximum absolute atomic E-state index is 12.9. The largest absolute Gasteiger partial charge is 0.350 e. The van der Waals surface area contributed by atoms with E-state index < -0.39 is 5.41 Å². The fraction of sp³-hybridized carbons (Fsp3) is 0.632. The van der Waals surface area contributed by atoms with Crippen molar-refractivity contribution in [3.8, 4) is 0 Å². The van der Waals surface area contributed by atoms with E-state index in [1.54, 1.807) is 0 Å². The first-order chi connectivity index (χ1) is 10.6. The summed E-state index contributed by atoms with van der Waals surface area (Å²) >= 11 is 5.95. The molecule has 0 aliphatic carbocycles. The molecule has 4 heteroatoms. The average Bonchev–Trinajstić information content (AvgIpc) is 2.47. The molecule has 1 saturated heterocycles. The number of likely N-dealkylation sites (tertiary alicyclic amines) is 1. The molecule has 1 amide bonds. The van der Waals surface area contributed by atoms with Gasteiger partial charge in [-0.15, -0.1) is 0 Å². The van der Waals surface area contributed by atoms with Gasteiger partial charge in [0, 0.05) is 29.7 Å². The molecule has 1 aromatic carbocycles. The first-order valence-electron chi connectivity index (χ1n) is 8.47. The van der Waals surface area contributed by atoms with Crippen LogP contribution in [0.25, 0.3) is 0 Å². The Labute approximate surface area is 145 Å². The van der Waals surface area contributed by atoms with Gasteiger partial charge in [0.15, 0.2) is 0 Å². The monoisotopic (exact) mass is 336 g/mol. The lowest BCUT2D eigenvalue weighted by Crippen LogP contribution is -2.57. The van der Waals surface area contributed by atoms with Gasteiger partial charge in [0.25, 0.3) is 0 Å². The maximum Gasteiger partial charge on any atom is 0.230 e. The minimum atomic E-state index is -0.567. The minimum absolute atomic E-state index is 0.0836. The molecule has 128 valence electrons. The number of nitrogens with one attached hydrogen (secondary N) is 1. The van der Waals surface area contributed by atoms with Crippen molar-refractivity contribution in [2.45, 2.75) is 64.5 Å². The number of hydrogen-bond donors (Lipinski definition) is 1. The van der Waals surface area contributed by atoms with Crippen LogP contribution in [0.5, 0.6) is 0 Å². The van der Waals surface area contributed by atoms with Gasteiger partial charge >= 0.3 is 0 Å². The van der Waals surface area contributed by atoms with E-state index in [1.165, 1.54) is 0 Å². The highest BCUT2D eigenvalue weighted by atomic mass is 35.5. The summed E-state index contributed by atoms with van der Waals surface area (Å²) in [6.45, 7) is 12.6. The van der Waals surface area contributed by atoms with Crippen molar-refractivity contribution in [1.82, 2.24) is 10.2 Å². The summed E-state index contributed by atoms with van der Waals surface area (Å²) < 4.78 is 0. The van der Waals surface area contributed by atoms with E-state index in [9.17, 15) is 4.79 Å². The average molecular weight is 337 g/mol. The standard InChI is InChI=1S/C19H29ClN2O/c1-14(2)22-12-10-19(5,11-13-22)21-17(23)18(3,4)15-6-8-16(20)9-7-15/h6-9,14H,10-13H2,1-5H3,(H,21,23). The molecule has 0 unspecified atom stereocenters. The SMILES string of the molecule is CC(C)N1CCC(C)(NC(=O)C(C)(C)c2ccc(Cl)cc2)CC1. The summed E-state index contributed by atoms with van der Waals surface area (Å²) in [6.07, 6.45) is 1.99. The molecule has 0 radical (unpaired) electrons. The van der Waals surface area contributed by atoms with E-state index in [2.05, 4.69) is 31.0 Å². The number of carbonyl (C=O) groups excluding carboxylic acids is 1. The number of piperidine rings is 1. The predicted molar refractivity (Wildman–Crippen MR) is 97.0 cm³/mol. The summed E-state index contributed by atoms with van der Waals surface area (Å²) in [5.41, 5.74) is 0.303. The highest BCUT2D eigenvalue weighted by molar-refractivity contribution is 6.30. The molecule has 0 spiro atoms. The summed E-state index contributed by atoms with van der Waals surface area (Å²) in [4.78, 5) is 15.4. The van der Waals surface area contributed by atoms with Crippen LogP contribution >= 0.6 is 11.6 Å². The molecule has 1 aliphatic rings. The second kappa shape index (κ2) is 6.82. The third-order valence-corrected chi connectivity index (χ3v) is 5.43. The Morgan fingerprint density at radius 1 is 1.22 bits per heavy atom. The Kier molecular flexibility index (Phi) is 5.42. The molecule has 0 aromatic heterocycles. The van der Waals surface area contributed by atoms with Gasteiger partial charge in [-0.3, -0.25) is 4.79 Å². The van der Waals surface area contributed by atoms with Crippen molar-refractivity contribution >= 4 is 17.5 Å². The predicted octanol–water partition coefficient (Wildman–Crippen LogP) is 4.00. The summed E-state index contributed by atoms with van der Waals surface area (Å²) in [6, 6.07) is 8.13. The third-order valence-electron chi connectivity index (χ3n) is 5.18. The zero-order chi connectivity index (χ0) is 17.3. The first-order valence-corrected chi connectivity index (χ1v) is 8.84. The van der Waals surface area contributed by atoms with Crippen LogP contribution in [0.2, 0.25) is 5.02 Å². The van der Waals surface area contributed by atoms with Gasteiger partial charge in [0.05, 0.1) is 5.41 Å². The highest BCUT2D eigenvalue weighted by Gasteiger charge is 2.37. The summed E-state index contributed by atoms with van der Waals surface area (Å²) in [5, 5.41) is 4.00. The van der Waals surface area contributed by atoms with Gasteiger partial charge in [-0.2, -0.15) is 0 Å². The Balaban J connectivity index is 2.04. The molecule has 3 nitrogen and oxygen atoms in total. The van der Waals surface area contributed by atoms with Crippen molar-refractivity contribution in [2.75, 3.05) is 13.1 Å². The number of carbonyl (C=O) groups is 1. The molecule has 1 aliphatic heterocycles. The van der Waals surface area contributed by atoms with E-state index in [1.807, 2.05) is 38.1 Å². The molecule has 0 atom stereocenters. The number of benzene rings is 1. The molecule has 1 heterocycles. The zero-order valence-corrected chi connectivity index (χ0v) is 15.7. The van der Waals surface area contributed by atoms with Crippen LogP contribution in [0, 0.1) is 0 Å². The topological polar surface area (TPSA) is 32.3 Å². The third kappa shape index (κ3) is 4.27. The Bertz CT molecular complexity index is 543. The minimum Gasteiger partial charge on any atom is -0.350 e. The molecule has 23 heavy (non-hydrogen) atoms. The Morgan fingerprint density at radius 2 is 1.74 bits per heavy atom. The van der Waals surface area contributed by atoms with Gasteiger partial charge in [-0.25, -0.2) is 0 Å².